The van der Waals surface area contributed by atoms with Gasteiger partial charge in [0.15, 0.2) is 17.1 Å². The van der Waals surface area contributed by atoms with Crippen LogP contribution < -0.4 is 10.1 Å². The van der Waals surface area contributed by atoms with Gasteiger partial charge >= 0.3 is 5.82 Å². The van der Waals surface area contributed by atoms with Crippen molar-refractivity contribution in [2.24, 2.45) is 0 Å². The Kier molecular flexibility index (Phi) is 6.16. The topological polar surface area (TPSA) is 105 Å². The summed E-state index contributed by atoms with van der Waals surface area (Å²) in [6, 6.07) is 7.08. The highest BCUT2D eigenvalue weighted by atomic mass is 35.5. The lowest BCUT2D eigenvalue weighted by molar-refractivity contribution is 0.0646. The van der Waals surface area contributed by atoms with Crippen LogP contribution in [0, 0.1) is 6.57 Å². The lowest BCUT2D eigenvalue weighted by Gasteiger charge is -2.30. The van der Waals surface area contributed by atoms with Crippen molar-refractivity contribution in [1.29, 1.82) is 0 Å². The van der Waals surface area contributed by atoms with Crippen LogP contribution in [-0.4, -0.2) is 63.8 Å². The molecule has 11 heteroatoms. The maximum atomic E-state index is 12.9. The summed E-state index contributed by atoms with van der Waals surface area (Å²) in [5.41, 5.74) is 3.48. The number of hydrogen-bond acceptors (Lipinski definition) is 7. The van der Waals surface area contributed by atoms with Gasteiger partial charge in [-0.2, -0.15) is 0 Å². The number of methoxy groups -OCH3 is 1. The van der Waals surface area contributed by atoms with Gasteiger partial charge in [0.05, 0.1) is 59.6 Å². The number of rotatable bonds is 6. The van der Waals surface area contributed by atoms with E-state index in [4.69, 9.17) is 27.9 Å². The minimum Gasteiger partial charge on any atom is -0.493 e. The third-order valence-corrected chi connectivity index (χ3v) is 6.45. The molecule has 10 nitrogen and oxygen atoms in total. The average Bonchev–Trinajstić information content (AvgIpc) is 3.11. The van der Waals surface area contributed by atoms with Crippen LogP contribution in [0.5, 0.6) is 5.75 Å². The first kappa shape index (κ1) is 23.5. The van der Waals surface area contributed by atoms with E-state index in [2.05, 4.69) is 20.1 Å². The number of benzene rings is 1. The van der Waals surface area contributed by atoms with Crippen molar-refractivity contribution in [3.63, 3.8) is 0 Å². The van der Waals surface area contributed by atoms with Gasteiger partial charge in [-0.1, -0.05) is 24.2 Å². The monoisotopic (exact) mass is 503 g/mol. The SMILES string of the molecule is [C-]#[N+]c1nc(Cc2cc(Nc3cccc(Cl)c3OC)c3c(n2)CN(C)C3=O)cnc1C(=O)N1CCC1. The van der Waals surface area contributed by atoms with Crippen LogP contribution >= 0.6 is 11.6 Å². The molecule has 1 aromatic carbocycles. The number of carbonyl (C=O) groups excluding carboxylic acids is 2. The van der Waals surface area contributed by atoms with Crippen LogP contribution in [0.25, 0.3) is 4.85 Å². The van der Waals surface area contributed by atoms with E-state index in [0.717, 1.165) is 6.42 Å². The molecule has 0 aliphatic carbocycles. The number of nitrogens with one attached hydrogen (secondary N) is 1. The zero-order chi connectivity index (χ0) is 25.4. The van der Waals surface area contributed by atoms with Gasteiger partial charge in [0.2, 0.25) is 0 Å². The molecule has 0 saturated carbocycles. The Morgan fingerprint density at radius 2 is 2.06 bits per heavy atom. The smallest absolute Gasteiger partial charge is 0.301 e. The lowest BCUT2D eigenvalue weighted by atomic mass is 10.1. The second-order valence-electron chi connectivity index (χ2n) is 8.56. The van der Waals surface area contributed by atoms with Crippen LogP contribution in [0.2, 0.25) is 5.02 Å². The highest BCUT2D eigenvalue weighted by Gasteiger charge is 2.31. The second kappa shape index (κ2) is 9.43. The first-order valence-corrected chi connectivity index (χ1v) is 11.7. The lowest BCUT2D eigenvalue weighted by Crippen LogP contribution is -2.42. The predicted molar refractivity (Wildman–Crippen MR) is 133 cm³/mol. The number of halogens is 1. The molecule has 1 saturated heterocycles. The van der Waals surface area contributed by atoms with Crippen LogP contribution in [-0.2, 0) is 13.0 Å². The van der Waals surface area contributed by atoms with Gasteiger partial charge in [0, 0.05) is 20.1 Å². The summed E-state index contributed by atoms with van der Waals surface area (Å²) in [5, 5.41) is 3.72. The molecular formula is C25H22ClN7O3. The number of aromatic nitrogens is 3. The number of pyridine rings is 1. The molecule has 2 aliphatic rings. The summed E-state index contributed by atoms with van der Waals surface area (Å²) < 4.78 is 5.44. The standard InChI is InChI=1S/C25H22ClN7O3/c1-27-23-21(25(35)33-8-5-9-33)28-12-15(30-23)10-14-11-18(20-19(29-14)13-32(2)24(20)34)31-17-7-4-6-16(26)22(17)36-3/h4,6-7,11-12H,5,8-10,13H2,2-3H3,(H,29,31). The normalized spacial score (nSPS) is 14.2. The zero-order valence-corrected chi connectivity index (χ0v) is 20.5. The van der Waals surface area contributed by atoms with Gasteiger partial charge in [-0.15, -0.1) is 4.98 Å². The number of para-hydroxylation sites is 1. The van der Waals surface area contributed by atoms with E-state index in [-0.39, 0.29) is 29.7 Å². The van der Waals surface area contributed by atoms with Crippen molar-refractivity contribution in [3.8, 4) is 5.75 Å². The highest BCUT2D eigenvalue weighted by molar-refractivity contribution is 6.32. The fourth-order valence-corrected chi connectivity index (χ4v) is 4.48. The number of likely N-dealkylation sites (tertiary alicyclic amines) is 1. The number of carbonyl (C=O) groups is 2. The van der Waals surface area contributed by atoms with Crippen molar-refractivity contribution in [2.75, 3.05) is 32.6 Å². The second-order valence-corrected chi connectivity index (χ2v) is 8.96. The summed E-state index contributed by atoms with van der Waals surface area (Å²) in [6.45, 7) is 9.19. The molecule has 4 heterocycles. The fraction of sp³-hybridized carbons (Fsp3) is 0.280. The van der Waals surface area contributed by atoms with E-state index in [1.165, 1.54) is 13.3 Å². The van der Waals surface area contributed by atoms with Crippen molar-refractivity contribution < 1.29 is 14.3 Å². The summed E-state index contributed by atoms with van der Waals surface area (Å²) in [6.07, 6.45) is 2.71. The van der Waals surface area contributed by atoms with E-state index in [9.17, 15) is 9.59 Å². The molecular weight excluding hydrogens is 482 g/mol. The van der Waals surface area contributed by atoms with Crippen molar-refractivity contribution in [2.45, 2.75) is 19.4 Å². The molecule has 182 valence electrons. The Hall–Kier alpha value is -4.23. The Morgan fingerprint density at radius 3 is 2.75 bits per heavy atom. The minimum absolute atomic E-state index is 0.0255. The molecule has 1 fully saturated rings. The molecule has 36 heavy (non-hydrogen) atoms. The number of fused-ring (bicyclic) bond motifs is 1. The quantitative estimate of drug-likeness (QED) is 0.509. The Morgan fingerprint density at radius 1 is 1.25 bits per heavy atom. The van der Waals surface area contributed by atoms with E-state index in [1.54, 1.807) is 35.0 Å². The van der Waals surface area contributed by atoms with Gasteiger partial charge in [-0.3, -0.25) is 19.6 Å². The molecule has 0 bridgehead atoms. The highest BCUT2D eigenvalue weighted by Crippen LogP contribution is 2.37. The van der Waals surface area contributed by atoms with Crippen LogP contribution in [0.15, 0.2) is 30.5 Å². The van der Waals surface area contributed by atoms with Crippen molar-refractivity contribution in [3.05, 3.63) is 75.2 Å². The number of anilines is 2. The number of amides is 2. The summed E-state index contributed by atoms with van der Waals surface area (Å²) in [7, 11) is 3.24. The maximum Gasteiger partial charge on any atom is 0.301 e. The van der Waals surface area contributed by atoms with Gasteiger partial charge in [-0.05, 0) is 24.6 Å². The molecule has 5 rings (SSSR count). The zero-order valence-electron chi connectivity index (χ0n) is 19.7. The van der Waals surface area contributed by atoms with Gasteiger partial charge in [0.1, 0.15) is 0 Å². The molecule has 2 aliphatic heterocycles. The van der Waals surface area contributed by atoms with Crippen LogP contribution in [0.1, 0.15) is 44.3 Å². The number of hydrogen-bond donors (Lipinski definition) is 1. The van der Waals surface area contributed by atoms with Crippen LogP contribution in [0.4, 0.5) is 17.2 Å². The third-order valence-electron chi connectivity index (χ3n) is 6.15. The summed E-state index contributed by atoms with van der Waals surface area (Å²) >= 11 is 6.28. The van der Waals surface area contributed by atoms with Crippen molar-refractivity contribution in [1.82, 2.24) is 24.8 Å². The van der Waals surface area contributed by atoms with E-state index >= 15 is 0 Å². The molecule has 0 spiro atoms. The van der Waals surface area contributed by atoms with Gasteiger partial charge in [0.25, 0.3) is 11.8 Å². The molecule has 0 radical (unpaired) electrons. The van der Waals surface area contributed by atoms with Crippen LogP contribution in [0.3, 0.4) is 0 Å². The maximum absolute atomic E-state index is 12.9. The molecule has 2 aromatic heterocycles. The first-order chi connectivity index (χ1) is 17.4. The summed E-state index contributed by atoms with van der Waals surface area (Å²) in [5.74, 6) is 0.0181. The first-order valence-electron chi connectivity index (χ1n) is 11.3. The summed E-state index contributed by atoms with van der Waals surface area (Å²) in [4.78, 5) is 45.4. The largest absolute Gasteiger partial charge is 0.493 e. The third kappa shape index (κ3) is 4.18. The molecule has 0 atom stereocenters. The van der Waals surface area contributed by atoms with E-state index in [1.807, 2.05) is 6.07 Å². The molecule has 1 N–H and O–H groups in total. The Bertz CT molecular complexity index is 1430. The van der Waals surface area contributed by atoms with E-state index < -0.39 is 0 Å². The molecule has 2 amide bonds. The molecule has 3 aromatic rings. The van der Waals surface area contributed by atoms with Crippen molar-refractivity contribution >= 4 is 40.6 Å². The van der Waals surface area contributed by atoms with Gasteiger partial charge in [-0.25, -0.2) is 0 Å². The van der Waals surface area contributed by atoms with Gasteiger partial charge < -0.3 is 24.7 Å². The number of ether oxygens (including phenoxy) is 1. The minimum atomic E-state index is -0.273. The Labute approximate surface area is 212 Å². The average molecular weight is 504 g/mol. The molecule has 0 unspecified atom stereocenters. The Balaban J connectivity index is 1.50. The fourth-order valence-electron chi connectivity index (χ4n) is 4.23. The van der Waals surface area contributed by atoms with E-state index in [0.29, 0.717) is 64.4 Å². The number of nitrogens with zero attached hydrogens (tertiary/aromatic N) is 6. The predicted octanol–water partition coefficient (Wildman–Crippen LogP) is 3.85.